The number of Topliss-reactive ketones (excluding diaryl/α,β-unsaturated/α-hetero) is 1. The Kier molecular flexibility index (Phi) is 23.9. The fraction of sp³-hybridized carbons (Fsp3) is 0.509. The fourth-order valence-electron chi connectivity index (χ4n) is 9.00. The van der Waals surface area contributed by atoms with Gasteiger partial charge < -0.3 is 39.5 Å². The molecule has 412 valence electrons. The van der Waals surface area contributed by atoms with Gasteiger partial charge in [-0.2, -0.15) is 8.61 Å². The van der Waals surface area contributed by atoms with Gasteiger partial charge in [0.25, 0.3) is 6.47 Å². The molecule has 0 radical (unpaired) electrons. The number of aromatic nitrogens is 2. The van der Waals surface area contributed by atoms with Gasteiger partial charge in [0.15, 0.2) is 12.5 Å². The van der Waals surface area contributed by atoms with E-state index in [4.69, 9.17) is 15.2 Å². The van der Waals surface area contributed by atoms with E-state index in [1.165, 1.54) is 71.5 Å². The van der Waals surface area contributed by atoms with E-state index in [2.05, 4.69) is 36.6 Å². The van der Waals surface area contributed by atoms with Gasteiger partial charge in [0.2, 0.25) is 31.9 Å². The standard InChI is InChI=1S/C27H38N4O5S.C15H22N2O6S.C11H17N3/c1-20-16-25(36-5)17-21(2)27(20)37(34,35)30(4)19-26(33)29(3)18-24(32)7-6-22-10-14-31(15-11-22)23-8-12-28-13-9-23;1-11-6-13(22-5)7-12(2)15(11)24(20,21)17(4)8-14(19)16(3)9-23-10-18;12-9-10-3-7-14(8-4-10)11-1-5-13-6-2-11/h8-9,12-13,16-17,22H,6-7,10-11,14-15,18-19H2,1-5H3;6-7,10H,8-9H2,1-5H3;1-2,5-6,10H,3-4,7-9,12H2. The summed E-state index contributed by atoms with van der Waals surface area (Å²) in [5, 5.41) is 0. The van der Waals surface area contributed by atoms with Gasteiger partial charge in [-0.05, 0) is 149 Å². The highest BCUT2D eigenvalue weighted by Crippen LogP contribution is 2.30. The summed E-state index contributed by atoms with van der Waals surface area (Å²) >= 11 is 0. The number of pyridine rings is 2. The SMILES string of the molecule is COc1cc(C)c(S(=O)(=O)N(C)CC(=O)N(C)CC(=O)CCC2CCN(c3ccncc3)CC2)c(C)c1.COc1cc(C)c(S(=O)(=O)N(C)CC(=O)N(C)COC=O)c(C)c1.NCC1CCN(c2ccncc2)CC1. The van der Waals surface area contributed by atoms with Crippen LogP contribution in [0.5, 0.6) is 11.5 Å². The number of anilines is 2. The minimum absolute atomic E-state index is 0.0141. The molecule has 0 aliphatic carbocycles. The molecule has 0 saturated carbocycles. The van der Waals surface area contributed by atoms with Gasteiger partial charge in [0.1, 0.15) is 11.5 Å². The molecular weight excluding hydrogens is 1000 g/mol. The maximum Gasteiger partial charge on any atom is 0.294 e. The van der Waals surface area contributed by atoms with E-state index in [-0.39, 0.29) is 48.4 Å². The van der Waals surface area contributed by atoms with Crippen LogP contribution in [0.3, 0.4) is 0 Å². The number of amides is 2. The normalized spacial score (nSPS) is 14.3. The number of aryl methyl sites for hydroxylation is 4. The number of hydrogen-bond donors (Lipinski definition) is 1. The lowest BCUT2D eigenvalue weighted by molar-refractivity contribution is -0.141. The van der Waals surface area contributed by atoms with Crippen LogP contribution in [0.4, 0.5) is 11.4 Å². The van der Waals surface area contributed by atoms with Crippen molar-refractivity contribution in [2.75, 3.05) is 111 Å². The molecular formula is C53H77N9O11S2. The lowest BCUT2D eigenvalue weighted by Gasteiger charge is -2.33. The summed E-state index contributed by atoms with van der Waals surface area (Å²) in [6.45, 7) is 11.0. The van der Waals surface area contributed by atoms with E-state index in [1.54, 1.807) is 64.4 Å². The van der Waals surface area contributed by atoms with Gasteiger partial charge in [-0.25, -0.2) is 16.8 Å². The molecule has 2 N–H and O–H groups in total. The smallest absolute Gasteiger partial charge is 0.294 e. The average Bonchev–Trinajstić information content (AvgIpc) is 3.39. The molecule has 2 aliphatic heterocycles. The Hall–Kier alpha value is -6.20. The van der Waals surface area contributed by atoms with Crippen molar-refractivity contribution in [1.82, 2.24) is 28.4 Å². The summed E-state index contributed by atoms with van der Waals surface area (Å²) in [4.78, 5) is 63.1. The molecule has 6 rings (SSSR count). The van der Waals surface area contributed by atoms with Crippen LogP contribution in [0.15, 0.2) is 83.1 Å². The van der Waals surface area contributed by atoms with Crippen molar-refractivity contribution < 1.29 is 50.2 Å². The molecule has 4 aromatic rings. The monoisotopic (exact) mass is 1080 g/mol. The maximum atomic E-state index is 13.2. The lowest BCUT2D eigenvalue weighted by atomic mass is 9.91. The molecule has 0 atom stereocenters. The molecule has 20 nitrogen and oxygen atoms in total. The third kappa shape index (κ3) is 17.7. The molecule has 2 aromatic carbocycles. The predicted molar refractivity (Wildman–Crippen MR) is 289 cm³/mol. The molecule has 0 bridgehead atoms. The van der Waals surface area contributed by atoms with Crippen molar-refractivity contribution in [3.8, 4) is 11.5 Å². The number of rotatable bonds is 21. The molecule has 2 saturated heterocycles. The molecule has 2 aliphatic rings. The Bertz CT molecular complexity index is 2670. The van der Waals surface area contributed by atoms with E-state index in [0.29, 0.717) is 46.1 Å². The van der Waals surface area contributed by atoms with Crippen molar-refractivity contribution in [1.29, 1.82) is 0 Å². The van der Waals surface area contributed by atoms with Crippen LogP contribution in [-0.4, -0.2) is 171 Å². The number of nitrogens with zero attached hydrogens (tertiary/aromatic N) is 8. The van der Waals surface area contributed by atoms with E-state index in [0.717, 1.165) is 71.4 Å². The van der Waals surface area contributed by atoms with Gasteiger partial charge in [-0.3, -0.25) is 29.1 Å². The number of likely N-dealkylation sites (N-methyl/N-ethyl adjacent to an activating group) is 4. The Morgan fingerprint density at radius 2 is 1.00 bits per heavy atom. The van der Waals surface area contributed by atoms with Crippen LogP contribution in [0.25, 0.3) is 0 Å². The zero-order valence-electron chi connectivity index (χ0n) is 45.2. The van der Waals surface area contributed by atoms with Gasteiger partial charge >= 0.3 is 0 Å². The van der Waals surface area contributed by atoms with Gasteiger partial charge in [-0.15, -0.1) is 0 Å². The molecule has 0 unspecified atom stereocenters. The first-order valence-corrected chi connectivity index (χ1v) is 27.7. The van der Waals surface area contributed by atoms with Gasteiger partial charge in [0.05, 0.1) is 43.6 Å². The Morgan fingerprint density at radius 1 is 0.627 bits per heavy atom. The second-order valence-electron chi connectivity index (χ2n) is 19.0. The largest absolute Gasteiger partial charge is 0.497 e. The van der Waals surface area contributed by atoms with Crippen LogP contribution in [0.1, 0.15) is 60.8 Å². The first-order chi connectivity index (χ1) is 35.6. The number of methoxy groups -OCH3 is 2. The summed E-state index contributed by atoms with van der Waals surface area (Å²) in [5.41, 5.74) is 10.3. The summed E-state index contributed by atoms with van der Waals surface area (Å²) in [7, 11) is 0.937. The number of sulfonamides is 2. The van der Waals surface area contributed by atoms with Crippen LogP contribution in [0.2, 0.25) is 0 Å². The molecule has 22 heteroatoms. The Labute approximate surface area is 444 Å². The second kappa shape index (κ2) is 29.2. The molecule has 2 aromatic heterocycles. The van der Waals surface area contributed by atoms with Crippen LogP contribution in [0, 0.1) is 39.5 Å². The van der Waals surface area contributed by atoms with Crippen LogP contribution < -0.4 is 25.0 Å². The lowest BCUT2D eigenvalue weighted by Crippen LogP contribution is -2.41. The predicted octanol–water partition coefficient (Wildman–Crippen LogP) is 4.83. The number of carbonyl (C=O) groups excluding carboxylic acids is 4. The zero-order chi connectivity index (χ0) is 55.5. The first-order valence-electron chi connectivity index (χ1n) is 24.9. The van der Waals surface area contributed by atoms with Crippen molar-refractivity contribution in [2.45, 2.75) is 76.0 Å². The number of carbonyl (C=O) groups is 4. The van der Waals surface area contributed by atoms with Crippen molar-refractivity contribution in [3.63, 3.8) is 0 Å². The highest BCUT2D eigenvalue weighted by Gasteiger charge is 2.30. The van der Waals surface area contributed by atoms with Crippen molar-refractivity contribution in [3.05, 3.63) is 95.6 Å². The Balaban J connectivity index is 0.000000272. The molecule has 4 heterocycles. The average molecular weight is 1080 g/mol. The number of benzene rings is 2. The third-order valence-corrected chi connectivity index (χ3v) is 17.7. The van der Waals surface area contributed by atoms with E-state index in [1.807, 2.05) is 24.5 Å². The number of hydrogen-bond acceptors (Lipinski definition) is 16. The number of ketones is 1. The molecule has 75 heavy (non-hydrogen) atoms. The zero-order valence-corrected chi connectivity index (χ0v) is 46.9. The van der Waals surface area contributed by atoms with E-state index in [9.17, 15) is 36.0 Å². The summed E-state index contributed by atoms with van der Waals surface area (Å²) in [5.74, 6) is 1.42. The first kappa shape index (κ1) is 61.3. The number of ether oxygens (including phenoxy) is 3. The number of piperidine rings is 2. The van der Waals surface area contributed by atoms with Crippen molar-refractivity contribution in [2.24, 2.45) is 17.6 Å². The van der Waals surface area contributed by atoms with E-state index < -0.39 is 31.9 Å². The fourth-order valence-corrected chi connectivity index (χ4v) is 12.0. The van der Waals surface area contributed by atoms with Gasteiger partial charge in [-0.1, -0.05) is 0 Å². The van der Waals surface area contributed by atoms with Gasteiger partial charge in [0, 0.05) is 97.0 Å². The van der Waals surface area contributed by atoms with E-state index >= 15 is 0 Å². The van der Waals surface area contributed by atoms with Crippen molar-refractivity contribution >= 4 is 55.5 Å². The van der Waals surface area contributed by atoms with Crippen LogP contribution in [-0.2, 0) is 44.0 Å². The minimum atomic E-state index is -3.89. The third-order valence-electron chi connectivity index (χ3n) is 13.4. The quantitative estimate of drug-likeness (QED) is 0.0869. The number of nitrogens with two attached hydrogens (primary N) is 1. The molecule has 0 spiro atoms. The summed E-state index contributed by atoms with van der Waals surface area (Å²) < 4.78 is 68.7. The maximum absolute atomic E-state index is 13.2. The van der Waals surface area contributed by atoms with Crippen LogP contribution >= 0.6 is 0 Å². The topological polar surface area (TPSA) is 235 Å². The highest BCUT2D eigenvalue weighted by atomic mass is 32.2. The molecule has 2 fully saturated rings. The summed E-state index contributed by atoms with van der Waals surface area (Å²) in [6.07, 6.45) is 13.0. The minimum Gasteiger partial charge on any atom is -0.497 e. The Morgan fingerprint density at radius 3 is 1.36 bits per heavy atom. The second-order valence-corrected chi connectivity index (χ2v) is 23.0. The summed E-state index contributed by atoms with van der Waals surface area (Å²) in [6, 6.07) is 14.7. The molecule has 2 amide bonds. The highest BCUT2D eigenvalue weighted by molar-refractivity contribution is 7.89.